The number of hydrogen-bond donors (Lipinski definition) is 1. The van der Waals surface area contributed by atoms with Gasteiger partial charge in [-0.25, -0.2) is 14.2 Å². The van der Waals surface area contributed by atoms with E-state index in [0.717, 1.165) is 12.1 Å². The van der Waals surface area contributed by atoms with Crippen molar-refractivity contribution in [3.05, 3.63) is 39.7 Å². The average molecular weight is 338 g/mol. The van der Waals surface area contributed by atoms with Crippen LogP contribution in [0, 0.1) is 5.82 Å². The predicted octanol–water partition coefficient (Wildman–Crippen LogP) is 3.85. The lowest BCUT2D eigenvalue weighted by Crippen LogP contribution is -2.09. The smallest absolute Gasteiger partial charge is 0.433 e. The molecule has 0 aliphatic carbocycles. The Hall–Kier alpha value is -1.70. The number of aromatic nitrogens is 1. The third-order valence-electron chi connectivity index (χ3n) is 2.37. The first-order valence-electron chi connectivity index (χ1n) is 4.80. The number of hydrogen-bond acceptors (Lipinski definition) is 2. The van der Waals surface area contributed by atoms with E-state index in [9.17, 15) is 22.4 Å². The van der Waals surface area contributed by atoms with E-state index in [1.54, 1.807) is 0 Å². The maximum atomic E-state index is 13.4. The first-order chi connectivity index (χ1) is 8.70. The molecule has 1 N–H and O–H groups in total. The highest BCUT2D eigenvalue weighted by atomic mass is 79.9. The standard InChI is InChI=1S/C11H4BrF4NO2/c12-6-3-9(11(14,15)16)17-8-2-5(10(18)19)7(13)1-4(6)8/h1-3H,(H,18,19). The van der Waals surface area contributed by atoms with E-state index in [4.69, 9.17) is 5.11 Å². The van der Waals surface area contributed by atoms with Crippen LogP contribution in [0.1, 0.15) is 16.1 Å². The maximum absolute atomic E-state index is 13.4. The van der Waals surface area contributed by atoms with E-state index in [1.807, 2.05) is 0 Å². The molecule has 0 radical (unpaired) electrons. The zero-order chi connectivity index (χ0) is 14.4. The summed E-state index contributed by atoms with van der Waals surface area (Å²) >= 11 is 2.88. The van der Waals surface area contributed by atoms with E-state index in [-0.39, 0.29) is 15.4 Å². The first-order valence-corrected chi connectivity index (χ1v) is 5.59. The summed E-state index contributed by atoms with van der Waals surface area (Å²) in [5, 5.41) is 8.79. The summed E-state index contributed by atoms with van der Waals surface area (Å²) < 4.78 is 51.1. The Kier molecular flexibility index (Phi) is 3.21. The molecule has 2 aromatic rings. The van der Waals surface area contributed by atoms with Crippen molar-refractivity contribution < 1.29 is 27.5 Å². The topological polar surface area (TPSA) is 50.2 Å². The Morgan fingerprint density at radius 1 is 1.26 bits per heavy atom. The van der Waals surface area contributed by atoms with Crippen LogP contribution in [0.3, 0.4) is 0 Å². The minimum absolute atomic E-state index is 0.0133. The van der Waals surface area contributed by atoms with Gasteiger partial charge in [0, 0.05) is 9.86 Å². The van der Waals surface area contributed by atoms with Crippen molar-refractivity contribution in [2.45, 2.75) is 6.18 Å². The molecule has 0 saturated carbocycles. The third-order valence-corrected chi connectivity index (χ3v) is 3.02. The van der Waals surface area contributed by atoms with E-state index in [2.05, 4.69) is 20.9 Å². The van der Waals surface area contributed by atoms with Crippen molar-refractivity contribution in [2.75, 3.05) is 0 Å². The van der Waals surface area contributed by atoms with Gasteiger partial charge in [0.25, 0.3) is 0 Å². The Morgan fingerprint density at radius 2 is 1.89 bits per heavy atom. The molecule has 100 valence electrons. The molecule has 8 heteroatoms. The van der Waals surface area contributed by atoms with Crippen molar-refractivity contribution in [1.29, 1.82) is 0 Å². The van der Waals surface area contributed by atoms with Gasteiger partial charge < -0.3 is 5.11 Å². The van der Waals surface area contributed by atoms with Gasteiger partial charge in [0.05, 0.1) is 11.1 Å². The van der Waals surface area contributed by atoms with Crippen LogP contribution in [-0.2, 0) is 6.18 Å². The molecule has 0 aliphatic heterocycles. The SMILES string of the molecule is O=C(O)c1cc2nc(C(F)(F)F)cc(Br)c2cc1F. The number of carboxylic acid groups (broad SMARTS) is 1. The largest absolute Gasteiger partial charge is 0.478 e. The van der Waals surface area contributed by atoms with Gasteiger partial charge in [-0.05, 0) is 18.2 Å². The number of rotatable bonds is 1. The van der Waals surface area contributed by atoms with E-state index in [0.29, 0.717) is 6.07 Å². The van der Waals surface area contributed by atoms with Crippen LogP contribution >= 0.6 is 15.9 Å². The normalized spacial score (nSPS) is 11.8. The molecule has 19 heavy (non-hydrogen) atoms. The summed E-state index contributed by atoms with van der Waals surface area (Å²) in [4.78, 5) is 14.0. The molecular formula is C11H4BrF4NO2. The van der Waals surface area contributed by atoms with Gasteiger partial charge >= 0.3 is 12.1 Å². The fraction of sp³-hybridized carbons (Fsp3) is 0.0909. The summed E-state index contributed by atoms with van der Waals surface area (Å²) in [5.41, 5.74) is -2.17. The predicted molar refractivity (Wildman–Crippen MR) is 61.4 cm³/mol. The molecule has 0 aliphatic rings. The Balaban J connectivity index is 2.79. The Labute approximate surface area is 112 Å². The average Bonchev–Trinajstić information content (AvgIpc) is 2.27. The highest BCUT2D eigenvalue weighted by molar-refractivity contribution is 9.10. The van der Waals surface area contributed by atoms with Gasteiger partial charge in [0.1, 0.15) is 11.5 Å². The zero-order valence-corrected chi connectivity index (χ0v) is 10.5. The maximum Gasteiger partial charge on any atom is 0.433 e. The van der Waals surface area contributed by atoms with Gasteiger partial charge in [-0.1, -0.05) is 15.9 Å². The minimum Gasteiger partial charge on any atom is -0.478 e. The van der Waals surface area contributed by atoms with Crippen molar-refractivity contribution in [3.63, 3.8) is 0 Å². The summed E-state index contributed by atoms with van der Waals surface area (Å²) in [6, 6.07) is 2.31. The molecule has 1 aromatic carbocycles. The lowest BCUT2D eigenvalue weighted by molar-refractivity contribution is -0.141. The molecule has 0 fully saturated rings. The van der Waals surface area contributed by atoms with Gasteiger partial charge in [0.15, 0.2) is 0 Å². The molecule has 3 nitrogen and oxygen atoms in total. The zero-order valence-electron chi connectivity index (χ0n) is 8.92. The van der Waals surface area contributed by atoms with Crippen LogP contribution < -0.4 is 0 Å². The van der Waals surface area contributed by atoms with Gasteiger partial charge in [-0.3, -0.25) is 0 Å². The lowest BCUT2D eigenvalue weighted by Gasteiger charge is -2.09. The number of fused-ring (bicyclic) bond motifs is 1. The van der Waals surface area contributed by atoms with Crippen molar-refractivity contribution >= 4 is 32.8 Å². The molecule has 2 rings (SSSR count). The second kappa shape index (κ2) is 4.44. The fourth-order valence-corrected chi connectivity index (χ4v) is 2.05. The molecule has 0 spiro atoms. The molecule has 0 unspecified atom stereocenters. The quantitative estimate of drug-likeness (QED) is 0.804. The second-order valence-electron chi connectivity index (χ2n) is 3.64. The summed E-state index contributed by atoms with van der Waals surface area (Å²) in [7, 11) is 0. The van der Waals surface area contributed by atoms with Gasteiger partial charge in [-0.2, -0.15) is 13.2 Å². The molecule has 0 bridgehead atoms. The van der Waals surface area contributed by atoms with Crippen LogP contribution in [0.5, 0.6) is 0 Å². The minimum atomic E-state index is -4.67. The van der Waals surface area contributed by atoms with E-state index >= 15 is 0 Å². The number of alkyl halides is 3. The number of carboxylic acids is 1. The van der Waals surface area contributed by atoms with Crippen molar-refractivity contribution in [1.82, 2.24) is 4.98 Å². The fourth-order valence-electron chi connectivity index (χ4n) is 1.51. The molecule has 0 atom stereocenters. The lowest BCUT2D eigenvalue weighted by atomic mass is 10.1. The van der Waals surface area contributed by atoms with Crippen LogP contribution in [0.2, 0.25) is 0 Å². The molecule has 0 amide bonds. The molecular weight excluding hydrogens is 334 g/mol. The van der Waals surface area contributed by atoms with Crippen LogP contribution in [0.4, 0.5) is 17.6 Å². The van der Waals surface area contributed by atoms with Crippen molar-refractivity contribution in [2.24, 2.45) is 0 Å². The number of halogens is 5. The van der Waals surface area contributed by atoms with Crippen LogP contribution in [0.15, 0.2) is 22.7 Å². The Morgan fingerprint density at radius 3 is 2.42 bits per heavy atom. The molecule has 1 aromatic heterocycles. The van der Waals surface area contributed by atoms with Crippen LogP contribution in [0.25, 0.3) is 10.9 Å². The monoisotopic (exact) mass is 337 g/mol. The molecule has 1 heterocycles. The number of carbonyl (C=O) groups is 1. The number of aromatic carboxylic acids is 1. The molecule has 0 saturated heterocycles. The van der Waals surface area contributed by atoms with E-state index < -0.39 is 29.2 Å². The second-order valence-corrected chi connectivity index (χ2v) is 4.50. The number of benzene rings is 1. The summed E-state index contributed by atoms with van der Waals surface area (Å²) in [5.74, 6) is -2.61. The summed E-state index contributed by atoms with van der Waals surface area (Å²) in [6.07, 6.45) is -4.67. The highest BCUT2D eigenvalue weighted by Gasteiger charge is 2.33. The van der Waals surface area contributed by atoms with Crippen molar-refractivity contribution in [3.8, 4) is 0 Å². The summed E-state index contributed by atoms with van der Waals surface area (Å²) in [6.45, 7) is 0. The van der Waals surface area contributed by atoms with Gasteiger partial charge in [-0.15, -0.1) is 0 Å². The highest BCUT2D eigenvalue weighted by Crippen LogP contribution is 2.33. The van der Waals surface area contributed by atoms with Crippen LogP contribution in [-0.4, -0.2) is 16.1 Å². The first kappa shape index (κ1) is 13.7. The van der Waals surface area contributed by atoms with E-state index in [1.165, 1.54) is 0 Å². The number of nitrogens with zero attached hydrogens (tertiary/aromatic N) is 1. The van der Waals surface area contributed by atoms with Gasteiger partial charge in [0.2, 0.25) is 0 Å². The Bertz CT molecular complexity index is 684. The number of pyridine rings is 1. The third kappa shape index (κ3) is 2.53.